The Morgan fingerprint density at radius 2 is 1.64 bits per heavy atom. The Kier molecular flexibility index (Phi) is 2.29. The lowest BCUT2D eigenvalue weighted by Crippen LogP contribution is -2.36. The summed E-state index contributed by atoms with van der Waals surface area (Å²) in [6.07, 6.45) is 5.04. The van der Waals surface area contributed by atoms with Gasteiger partial charge in [-0.1, -0.05) is 33.6 Å². The van der Waals surface area contributed by atoms with Crippen LogP contribution in [0.2, 0.25) is 0 Å². The monoisotopic (exact) mass is 156 g/mol. The van der Waals surface area contributed by atoms with Gasteiger partial charge < -0.3 is 5.11 Å². The van der Waals surface area contributed by atoms with Gasteiger partial charge in [-0.05, 0) is 23.7 Å². The van der Waals surface area contributed by atoms with Crippen molar-refractivity contribution in [2.45, 2.75) is 46.5 Å². The summed E-state index contributed by atoms with van der Waals surface area (Å²) in [6.45, 7) is 7.11. The second-order valence-electron chi connectivity index (χ2n) is 4.90. The van der Waals surface area contributed by atoms with Crippen molar-refractivity contribution in [2.24, 2.45) is 10.8 Å². The third-order valence-electron chi connectivity index (χ3n) is 3.45. The summed E-state index contributed by atoms with van der Waals surface area (Å²) in [4.78, 5) is 0. The Labute approximate surface area is 69.8 Å². The predicted octanol–water partition coefficient (Wildman–Crippen LogP) is 2.59. The fourth-order valence-corrected chi connectivity index (χ4v) is 2.20. The maximum absolute atomic E-state index is 9.35. The van der Waals surface area contributed by atoms with Crippen molar-refractivity contribution in [3.8, 4) is 0 Å². The van der Waals surface area contributed by atoms with Crippen molar-refractivity contribution >= 4 is 0 Å². The lowest BCUT2D eigenvalue weighted by molar-refractivity contribution is 0.0214. The molecule has 0 unspecified atom stereocenters. The van der Waals surface area contributed by atoms with Gasteiger partial charge >= 0.3 is 0 Å². The van der Waals surface area contributed by atoms with Gasteiger partial charge in [0.15, 0.2) is 0 Å². The third-order valence-corrected chi connectivity index (χ3v) is 3.45. The first kappa shape index (κ1) is 9.05. The fourth-order valence-electron chi connectivity index (χ4n) is 2.20. The third kappa shape index (κ3) is 1.44. The van der Waals surface area contributed by atoms with E-state index in [9.17, 15) is 5.11 Å². The highest BCUT2D eigenvalue weighted by atomic mass is 16.3. The maximum atomic E-state index is 9.35. The van der Waals surface area contributed by atoms with Gasteiger partial charge in [0, 0.05) is 6.61 Å². The van der Waals surface area contributed by atoms with E-state index in [1.165, 1.54) is 25.7 Å². The van der Waals surface area contributed by atoms with E-state index >= 15 is 0 Å². The van der Waals surface area contributed by atoms with Crippen LogP contribution in [-0.4, -0.2) is 11.7 Å². The van der Waals surface area contributed by atoms with Crippen LogP contribution in [0, 0.1) is 10.8 Å². The molecule has 0 radical (unpaired) electrons. The highest BCUT2D eigenvalue weighted by Crippen LogP contribution is 2.50. The van der Waals surface area contributed by atoms with Gasteiger partial charge in [-0.25, -0.2) is 0 Å². The van der Waals surface area contributed by atoms with Crippen LogP contribution >= 0.6 is 0 Å². The van der Waals surface area contributed by atoms with E-state index in [2.05, 4.69) is 20.8 Å². The molecule has 66 valence electrons. The first-order valence-corrected chi connectivity index (χ1v) is 4.63. The van der Waals surface area contributed by atoms with Crippen LogP contribution in [0.3, 0.4) is 0 Å². The number of aliphatic hydroxyl groups is 1. The molecule has 0 atom stereocenters. The van der Waals surface area contributed by atoms with Crippen LogP contribution in [0.5, 0.6) is 0 Å². The largest absolute Gasteiger partial charge is 0.396 e. The van der Waals surface area contributed by atoms with Crippen molar-refractivity contribution in [3.63, 3.8) is 0 Å². The summed E-state index contributed by atoms with van der Waals surface area (Å²) in [5.41, 5.74) is 0.505. The van der Waals surface area contributed by atoms with Gasteiger partial charge in [0.2, 0.25) is 0 Å². The minimum absolute atomic E-state index is 0.229. The van der Waals surface area contributed by atoms with Crippen LogP contribution in [0.15, 0.2) is 0 Å². The SMILES string of the molecule is CC(C)(C)C1(CO)CCCC1. The first-order chi connectivity index (χ1) is 5.02. The van der Waals surface area contributed by atoms with E-state index in [0.29, 0.717) is 6.61 Å². The predicted molar refractivity (Wildman–Crippen MR) is 47.4 cm³/mol. The number of aliphatic hydroxyl groups excluding tert-OH is 1. The summed E-state index contributed by atoms with van der Waals surface area (Å²) < 4.78 is 0. The van der Waals surface area contributed by atoms with E-state index in [0.717, 1.165) is 0 Å². The molecule has 11 heavy (non-hydrogen) atoms. The van der Waals surface area contributed by atoms with E-state index in [-0.39, 0.29) is 10.8 Å². The zero-order valence-corrected chi connectivity index (χ0v) is 7.98. The second-order valence-corrected chi connectivity index (χ2v) is 4.90. The lowest BCUT2D eigenvalue weighted by atomic mass is 9.66. The van der Waals surface area contributed by atoms with Crippen LogP contribution in [0.1, 0.15) is 46.5 Å². The van der Waals surface area contributed by atoms with Crippen LogP contribution in [0.25, 0.3) is 0 Å². The molecule has 1 rings (SSSR count). The van der Waals surface area contributed by atoms with Crippen LogP contribution in [-0.2, 0) is 0 Å². The molecule has 0 aromatic carbocycles. The molecule has 1 N–H and O–H groups in total. The molecule has 0 amide bonds. The van der Waals surface area contributed by atoms with Gasteiger partial charge in [-0.15, -0.1) is 0 Å². The first-order valence-electron chi connectivity index (χ1n) is 4.63. The average molecular weight is 156 g/mol. The summed E-state index contributed by atoms with van der Waals surface area (Å²) in [6, 6.07) is 0. The fraction of sp³-hybridized carbons (Fsp3) is 1.00. The zero-order chi connectivity index (χ0) is 8.54. The van der Waals surface area contributed by atoms with Crippen molar-refractivity contribution in [1.29, 1.82) is 0 Å². The van der Waals surface area contributed by atoms with E-state index < -0.39 is 0 Å². The van der Waals surface area contributed by atoms with Crippen molar-refractivity contribution in [3.05, 3.63) is 0 Å². The molecule has 0 bridgehead atoms. The van der Waals surface area contributed by atoms with E-state index in [1.807, 2.05) is 0 Å². The van der Waals surface area contributed by atoms with Crippen LogP contribution in [0.4, 0.5) is 0 Å². The van der Waals surface area contributed by atoms with Gasteiger partial charge in [0.05, 0.1) is 0 Å². The molecule has 0 spiro atoms. The molecule has 1 heteroatoms. The Bertz CT molecular complexity index is 126. The average Bonchev–Trinajstić information content (AvgIpc) is 2.33. The van der Waals surface area contributed by atoms with E-state index in [1.54, 1.807) is 0 Å². The van der Waals surface area contributed by atoms with Crippen molar-refractivity contribution in [2.75, 3.05) is 6.61 Å². The lowest BCUT2D eigenvalue weighted by Gasteiger charge is -2.40. The quantitative estimate of drug-likeness (QED) is 0.618. The maximum Gasteiger partial charge on any atom is 0.0492 e. The molecule has 1 nitrogen and oxygen atoms in total. The number of hydrogen-bond donors (Lipinski definition) is 1. The van der Waals surface area contributed by atoms with Crippen molar-refractivity contribution in [1.82, 2.24) is 0 Å². The molecule has 0 aromatic heterocycles. The number of rotatable bonds is 1. The topological polar surface area (TPSA) is 20.2 Å². The normalized spacial score (nSPS) is 24.0. The van der Waals surface area contributed by atoms with Gasteiger partial charge in [-0.2, -0.15) is 0 Å². The van der Waals surface area contributed by atoms with Gasteiger partial charge in [0.1, 0.15) is 0 Å². The standard InChI is InChI=1S/C10H20O/c1-9(2,3)10(8-11)6-4-5-7-10/h11H,4-8H2,1-3H3. The molecule has 0 saturated heterocycles. The Morgan fingerprint density at radius 1 is 1.18 bits per heavy atom. The minimum Gasteiger partial charge on any atom is -0.396 e. The highest BCUT2D eigenvalue weighted by molar-refractivity contribution is 4.93. The summed E-state index contributed by atoms with van der Waals surface area (Å²) in [7, 11) is 0. The van der Waals surface area contributed by atoms with Gasteiger partial charge in [-0.3, -0.25) is 0 Å². The molecule has 1 aliphatic rings. The molecular formula is C10H20O. The van der Waals surface area contributed by atoms with Gasteiger partial charge in [0.25, 0.3) is 0 Å². The molecule has 1 fully saturated rings. The summed E-state index contributed by atoms with van der Waals surface area (Å²) in [5.74, 6) is 0. The highest BCUT2D eigenvalue weighted by Gasteiger charge is 2.43. The summed E-state index contributed by atoms with van der Waals surface area (Å²) in [5, 5.41) is 9.35. The smallest absolute Gasteiger partial charge is 0.0492 e. The number of hydrogen-bond acceptors (Lipinski definition) is 1. The molecule has 0 aliphatic heterocycles. The Hall–Kier alpha value is -0.0400. The zero-order valence-electron chi connectivity index (χ0n) is 7.98. The molecule has 0 aromatic rings. The Morgan fingerprint density at radius 3 is 1.82 bits per heavy atom. The second kappa shape index (κ2) is 2.78. The molecule has 0 heterocycles. The minimum atomic E-state index is 0.229. The van der Waals surface area contributed by atoms with E-state index in [4.69, 9.17) is 0 Å². The summed E-state index contributed by atoms with van der Waals surface area (Å²) >= 11 is 0. The van der Waals surface area contributed by atoms with Crippen molar-refractivity contribution < 1.29 is 5.11 Å². The Balaban J connectivity index is 2.75. The van der Waals surface area contributed by atoms with Crippen LogP contribution < -0.4 is 0 Å². The molecule has 1 aliphatic carbocycles. The molecule has 1 saturated carbocycles. The molecular weight excluding hydrogens is 136 g/mol.